The van der Waals surface area contributed by atoms with E-state index in [9.17, 15) is 9.18 Å². The standard InChI is InChI=1S/C13H11FINOS/c1-8(10-4-2-3-5-11(10)14)16-13(17)9-6-12(15)18-7-9/h2-8H,1H3,(H,16,17). The third-order valence-corrected chi connectivity index (χ3v) is 4.34. The summed E-state index contributed by atoms with van der Waals surface area (Å²) in [5.41, 5.74) is 1.11. The van der Waals surface area contributed by atoms with Crippen LogP contribution < -0.4 is 5.32 Å². The molecule has 94 valence electrons. The SMILES string of the molecule is CC(NC(=O)c1csc(I)c1)c1ccccc1F. The number of rotatable bonds is 3. The van der Waals surface area contributed by atoms with Gasteiger partial charge in [-0.1, -0.05) is 18.2 Å². The van der Waals surface area contributed by atoms with Crippen LogP contribution >= 0.6 is 33.9 Å². The summed E-state index contributed by atoms with van der Waals surface area (Å²) in [7, 11) is 0. The lowest BCUT2D eigenvalue weighted by molar-refractivity contribution is 0.0940. The summed E-state index contributed by atoms with van der Waals surface area (Å²) in [5.74, 6) is -0.477. The molecule has 1 aromatic carbocycles. The van der Waals surface area contributed by atoms with Crippen molar-refractivity contribution >= 4 is 39.8 Å². The van der Waals surface area contributed by atoms with Crippen molar-refractivity contribution in [2.45, 2.75) is 13.0 Å². The Balaban J connectivity index is 2.10. The highest BCUT2D eigenvalue weighted by Crippen LogP contribution is 2.19. The number of carbonyl (C=O) groups excluding carboxylic acids is 1. The average molecular weight is 375 g/mol. The Morgan fingerprint density at radius 1 is 1.44 bits per heavy atom. The van der Waals surface area contributed by atoms with Crippen molar-refractivity contribution in [3.63, 3.8) is 0 Å². The summed E-state index contributed by atoms with van der Waals surface area (Å²) < 4.78 is 14.6. The number of benzene rings is 1. The summed E-state index contributed by atoms with van der Waals surface area (Å²) in [4.78, 5) is 11.9. The minimum absolute atomic E-state index is 0.176. The number of carbonyl (C=O) groups is 1. The zero-order valence-electron chi connectivity index (χ0n) is 9.61. The van der Waals surface area contributed by atoms with Crippen LogP contribution in [-0.4, -0.2) is 5.91 Å². The first-order valence-corrected chi connectivity index (χ1v) is 7.33. The minimum atomic E-state index is -0.351. The highest BCUT2D eigenvalue weighted by Gasteiger charge is 2.15. The van der Waals surface area contributed by atoms with Crippen LogP contribution in [0.1, 0.15) is 28.9 Å². The Hall–Kier alpha value is -0.950. The molecule has 0 fully saturated rings. The number of halogens is 2. The van der Waals surface area contributed by atoms with E-state index in [2.05, 4.69) is 27.9 Å². The third-order valence-electron chi connectivity index (χ3n) is 2.55. The maximum absolute atomic E-state index is 13.5. The quantitative estimate of drug-likeness (QED) is 0.808. The molecule has 0 saturated heterocycles. The van der Waals surface area contributed by atoms with Gasteiger partial charge in [-0.25, -0.2) is 4.39 Å². The molecule has 0 spiro atoms. The van der Waals surface area contributed by atoms with Gasteiger partial charge in [0.25, 0.3) is 5.91 Å². The molecule has 2 aromatic rings. The molecule has 1 atom stereocenters. The summed E-state index contributed by atoms with van der Waals surface area (Å²) in [6.07, 6.45) is 0. The van der Waals surface area contributed by atoms with Crippen molar-refractivity contribution in [2.24, 2.45) is 0 Å². The summed E-state index contributed by atoms with van der Waals surface area (Å²) >= 11 is 3.67. The molecule has 1 heterocycles. The van der Waals surface area contributed by atoms with Gasteiger partial charge in [-0.2, -0.15) is 0 Å². The normalized spacial score (nSPS) is 12.2. The molecule has 0 radical (unpaired) electrons. The number of amides is 1. The molecule has 2 rings (SSSR count). The molecule has 0 aliphatic carbocycles. The zero-order chi connectivity index (χ0) is 13.1. The van der Waals surface area contributed by atoms with Crippen LogP contribution in [0.4, 0.5) is 4.39 Å². The van der Waals surface area contributed by atoms with Crippen LogP contribution in [0, 0.1) is 8.70 Å². The highest BCUT2D eigenvalue weighted by molar-refractivity contribution is 14.1. The molecule has 1 unspecified atom stereocenters. The van der Waals surface area contributed by atoms with Gasteiger partial charge in [-0.05, 0) is 41.6 Å². The maximum Gasteiger partial charge on any atom is 0.252 e. The largest absolute Gasteiger partial charge is 0.345 e. The van der Waals surface area contributed by atoms with Crippen molar-refractivity contribution in [2.75, 3.05) is 0 Å². The van der Waals surface area contributed by atoms with Crippen LogP contribution in [0.5, 0.6) is 0 Å². The molecule has 1 N–H and O–H groups in total. The van der Waals surface area contributed by atoms with Gasteiger partial charge in [-0.15, -0.1) is 11.3 Å². The molecule has 18 heavy (non-hydrogen) atoms. The highest BCUT2D eigenvalue weighted by atomic mass is 127. The molecule has 1 amide bonds. The number of hydrogen-bond donors (Lipinski definition) is 1. The lowest BCUT2D eigenvalue weighted by atomic mass is 10.1. The molecule has 1 aromatic heterocycles. The molecular formula is C13H11FINOS. The Morgan fingerprint density at radius 3 is 2.78 bits per heavy atom. The van der Waals surface area contributed by atoms with E-state index in [0.717, 1.165) is 2.88 Å². The van der Waals surface area contributed by atoms with E-state index < -0.39 is 0 Å². The van der Waals surface area contributed by atoms with Crippen LogP contribution in [0.25, 0.3) is 0 Å². The van der Waals surface area contributed by atoms with Crippen LogP contribution in [0.3, 0.4) is 0 Å². The lowest BCUT2D eigenvalue weighted by Crippen LogP contribution is -2.26. The first-order chi connectivity index (χ1) is 8.58. The predicted molar refractivity (Wildman–Crippen MR) is 79.3 cm³/mol. The fourth-order valence-electron chi connectivity index (χ4n) is 1.61. The van der Waals surface area contributed by atoms with E-state index in [4.69, 9.17) is 0 Å². The molecule has 0 aliphatic heterocycles. The maximum atomic E-state index is 13.5. The topological polar surface area (TPSA) is 29.1 Å². The van der Waals surface area contributed by atoms with Gasteiger partial charge in [0.1, 0.15) is 5.82 Å². The van der Waals surface area contributed by atoms with Gasteiger partial charge < -0.3 is 5.32 Å². The van der Waals surface area contributed by atoms with Gasteiger partial charge >= 0.3 is 0 Å². The molecule has 0 saturated carbocycles. The third kappa shape index (κ3) is 3.08. The Bertz CT molecular complexity index is 570. The van der Waals surface area contributed by atoms with Crippen LogP contribution in [0.15, 0.2) is 35.7 Å². The Morgan fingerprint density at radius 2 is 2.17 bits per heavy atom. The Labute approximate surface area is 122 Å². The van der Waals surface area contributed by atoms with Gasteiger partial charge in [0.05, 0.1) is 14.5 Å². The van der Waals surface area contributed by atoms with Gasteiger partial charge in [0.15, 0.2) is 0 Å². The van der Waals surface area contributed by atoms with Gasteiger partial charge in [-0.3, -0.25) is 4.79 Å². The van der Waals surface area contributed by atoms with Gasteiger partial charge in [0, 0.05) is 10.9 Å². The monoisotopic (exact) mass is 375 g/mol. The number of hydrogen-bond acceptors (Lipinski definition) is 2. The summed E-state index contributed by atoms with van der Waals surface area (Å²) in [6.45, 7) is 1.77. The molecule has 5 heteroatoms. The molecule has 0 aliphatic rings. The average Bonchev–Trinajstić information content (AvgIpc) is 2.76. The predicted octanol–water partition coefficient (Wildman–Crippen LogP) is 3.98. The second-order valence-electron chi connectivity index (χ2n) is 3.86. The minimum Gasteiger partial charge on any atom is -0.345 e. The van der Waals surface area contributed by atoms with Crippen LogP contribution in [0.2, 0.25) is 0 Å². The fourth-order valence-corrected chi connectivity index (χ4v) is 2.94. The van der Waals surface area contributed by atoms with E-state index in [0.29, 0.717) is 11.1 Å². The van der Waals surface area contributed by atoms with E-state index >= 15 is 0 Å². The molecule has 0 bridgehead atoms. The van der Waals surface area contributed by atoms with E-state index in [1.807, 2.05) is 6.07 Å². The van der Waals surface area contributed by atoms with E-state index in [-0.39, 0.29) is 17.8 Å². The number of thiophene rings is 1. The first kappa shape index (κ1) is 13.5. The smallest absolute Gasteiger partial charge is 0.252 e. The summed E-state index contributed by atoms with van der Waals surface area (Å²) in [5, 5.41) is 4.59. The van der Waals surface area contributed by atoms with Crippen LogP contribution in [-0.2, 0) is 0 Å². The van der Waals surface area contributed by atoms with Crippen molar-refractivity contribution in [3.05, 3.63) is 55.5 Å². The molecule has 2 nitrogen and oxygen atoms in total. The second-order valence-corrected chi connectivity index (χ2v) is 6.66. The van der Waals surface area contributed by atoms with E-state index in [1.165, 1.54) is 17.4 Å². The Kier molecular flexibility index (Phi) is 4.34. The van der Waals surface area contributed by atoms with E-state index in [1.54, 1.807) is 30.5 Å². The van der Waals surface area contributed by atoms with Crippen molar-refractivity contribution in [1.29, 1.82) is 0 Å². The zero-order valence-corrected chi connectivity index (χ0v) is 12.6. The first-order valence-electron chi connectivity index (χ1n) is 5.37. The number of nitrogens with one attached hydrogen (secondary N) is 1. The summed E-state index contributed by atoms with van der Waals surface area (Å²) in [6, 6.07) is 7.93. The van der Waals surface area contributed by atoms with Crippen molar-refractivity contribution < 1.29 is 9.18 Å². The van der Waals surface area contributed by atoms with Crippen molar-refractivity contribution in [3.8, 4) is 0 Å². The lowest BCUT2D eigenvalue weighted by Gasteiger charge is -2.14. The second kappa shape index (κ2) is 5.79. The van der Waals surface area contributed by atoms with Gasteiger partial charge in [0.2, 0.25) is 0 Å². The fraction of sp³-hybridized carbons (Fsp3) is 0.154. The van der Waals surface area contributed by atoms with Crippen molar-refractivity contribution in [1.82, 2.24) is 5.32 Å². The molecular weight excluding hydrogens is 364 g/mol.